The first kappa shape index (κ1) is 14.6. The Bertz CT molecular complexity index is 530. The lowest BCUT2D eigenvalue weighted by atomic mass is 10.1. The second kappa shape index (κ2) is 7.07. The number of hydrogen-bond acceptors (Lipinski definition) is 4. The van der Waals surface area contributed by atoms with Crippen molar-refractivity contribution in [3.8, 4) is 6.07 Å². The van der Waals surface area contributed by atoms with Crippen LogP contribution in [0.4, 0.5) is 11.4 Å². The van der Waals surface area contributed by atoms with Gasteiger partial charge in [-0.25, -0.2) is 4.79 Å². The van der Waals surface area contributed by atoms with Crippen molar-refractivity contribution in [1.29, 1.82) is 5.26 Å². The van der Waals surface area contributed by atoms with Crippen molar-refractivity contribution < 1.29 is 9.90 Å². The third kappa shape index (κ3) is 4.03. The lowest BCUT2D eigenvalue weighted by Crippen LogP contribution is -2.03. The first-order chi connectivity index (χ1) is 9.12. The highest BCUT2D eigenvalue weighted by Gasteiger charge is 2.08. The van der Waals surface area contributed by atoms with Crippen LogP contribution in [0.25, 0.3) is 6.08 Å². The first-order valence-corrected chi connectivity index (χ1v) is 6.09. The summed E-state index contributed by atoms with van der Waals surface area (Å²) in [6.07, 6.45) is 1.37. The van der Waals surface area contributed by atoms with Crippen LogP contribution in [0.2, 0.25) is 0 Å². The number of aliphatic carboxylic acids is 1. The molecule has 100 valence electrons. The van der Waals surface area contributed by atoms with E-state index in [0.717, 1.165) is 17.9 Å². The zero-order valence-corrected chi connectivity index (χ0v) is 11.0. The Kier molecular flexibility index (Phi) is 5.42. The number of carbonyl (C=O) groups is 1. The number of nitrogens with one attached hydrogen (secondary N) is 2. The molecule has 0 unspecified atom stereocenters. The Morgan fingerprint density at radius 2 is 2.05 bits per heavy atom. The third-order valence-electron chi connectivity index (χ3n) is 2.45. The molecule has 0 radical (unpaired) electrons. The molecule has 0 fully saturated rings. The Morgan fingerprint density at radius 3 is 2.58 bits per heavy atom. The minimum atomic E-state index is -1.22. The molecule has 0 aliphatic heterocycles. The van der Waals surface area contributed by atoms with Crippen LogP contribution in [0.15, 0.2) is 23.8 Å². The van der Waals surface area contributed by atoms with E-state index in [1.165, 1.54) is 6.08 Å². The summed E-state index contributed by atoms with van der Waals surface area (Å²) in [6, 6.07) is 7.22. The molecule has 1 aromatic rings. The SMILES string of the molecule is CCNc1ccc(C=C(C#N)C(=O)O)c(NCC)c1. The highest BCUT2D eigenvalue weighted by atomic mass is 16.4. The molecule has 19 heavy (non-hydrogen) atoms. The minimum absolute atomic E-state index is 0.282. The summed E-state index contributed by atoms with van der Waals surface area (Å²) in [5.74, 6) is -1.22. The molecule has 0 saturated carbocycles. The van der Waals surface area contributed by atoms with Crippen molar-refractivity contribution in [3.05, 3.63) is 29.3 Å². The van der Waals surface area contributed by atoms with E-state index in [0.29, 0.717) is 12.1 Å². The zero-order chi connectivity index (χ0) is 14.3. The maximum atomic E-state index is 10.8. The predicted octanol–water partition coefficient (Wildman–Crippen LogP) is 2.54. The van der Waals surface area contributed by atoms with Crippen LogP contribution >= 0.6 is 0 Å². The molecule has 0 aromatic heterocycles. The van der Waals surface area contributed by atoms with Crippen molar-refractivity contribution >= 4 is 23.4 Å². The Hall–Kier alpha value is -2.48. The second-order valence-corrected chi connectivity index (χ2v) is 3.84. The lowest BCUT2D eigenvalue weighted by Gasteiger charge is -2.11. The molecule has 5 heteroatoms. The fourth-order valence-electron chi connectivity index (χ4n) is 1.64. The van der Waals surface area contributed by atoms with Gasteiger partial charge in [0.1, 0.15) is 11.6 Å². The van der Waals surface area contributed by atoms with E-state index in [1.54, 1.807) is 12.1 Å². The van der Waals surface area contributed by atoms with Crippen molar-refractivity contribution in [2.75, 3.05) is 23.7 Å². The number of benzene rings is 1. The van der Waals surface area contributed by atoms with Gasteiger partial charge in [-0.3, -0.25) is 0 Å². The third-order valence-corrected chi connectivity index (χ3v) is 2.45. The average Bonchev–Trinajstić information content (AvgIpc) is 2.38. The van der Waals surface area contributed by atoms with Crippen LogP contribution in [-0.4, -0.2) is 24.2 Å². The van der Waals surface area contributed by atoms with Gasteiger partial charge in [0, 0.05) is 24.5 Å². The van der Waals surface area contributed by atoms with E-state index >= 15 is 0 Å². The van der Waals surface area contributed by atoms with Crippen LogP contribution in [-0.2, 0) is 4.79 Å². The number of nitriles is 1. The Morgan fingerprint density at radius 1 is 1.37 bits per heavy atom. The van der Waals surface area contributed by atoms with Gasteiger partial charge in [-0.2, -0.15) is 5.26 Å². The number of nitrogens with zero attached hydrogens (tertiary/aromatic N) is 1. The Labute approximate surface area is 112 Å². The molecule has 0 saturated heterocycles. The molecule has 0 aliphatic rings. The van der Waals surface area contributed by atoms with Crippen LogP contribution in [0.1, 0.15) is 19.4 Å². The number of anilines is 2. The van der Waals surface area contributed by atoms with Gasteiger partial charge >= 0.3 is 5.97 Å². The summed E-state index contributed by atoms with van der Waals surface area (Å²) in [5.41, 5.74) is 2.15. The van der Waals surface area contributed by atoms with Gasteiger partial charge in [0.2, 0.25) is 0 Å². The smallest absolute Gasteiger partial charge is 0.346 e. The van der Waals surface area contributed by atoms with Crippen LogP contribution in [0, 0.1) is 11.3 Å². The molecule has 3 N–H and O–H groups in total. The van der Waals surface area contributed by atoms with E-state index in [4.69, 9.17) is 10.4 Å². The molecule has 0 bridgehead atoms. The fourth-order valence-corrected chi connectivity index (χ4v) is 1.64. The molecule has 0 atom stereocenters. The highest BCUT2D eigenvalue weighted by Crippen LogP contribution is 2.23. The van der Waals surface area contributed by atoms with Gasteiger partial charge in [0.25, 0.3) is 0 Å². The molecule has 1 rings (SSSR count). The molecule has 1 aromatic carbocycles. The maximum absolute atomic E-state index is 10.8. The monoisotopic (exact) mass is 259 g/mol. The van der Waals surface area contributed by atoms with E-state index in [1.807, 2.05) is 26.0 Å². The van der Waals surface area contributed by atoms with Crippen LogP contribution in [0.3, 0.4) is 0 Å². The molecule has 0 aliphatic carbocycles. The highest BCUT2D eigenvalue weighted by molar-refractivity contribution is 5.97. The molecular weight excluding hydrogens is 242 g/mol. The quantitative estimate of drug-likeness (QED) is 0.540. The number of carboxylic acid groups (broad SMARTS) is 1. The molecule has 0 spiro atoms. The van der Waals surface area contributed by atoms with Gasteiger partial charge in [-0.1, -0.05) is 6.07 Å². The van der Waals surface area contributed by atoms with Gasteiger partial charge in [-0.05, 0) is 37.6 Å². The van der Waals surface area contributed by atoms with Crippen molar-refractivity contribution in [1.82, 2.24) is 0 Å². The normalized spacial score (nSPS) is 10.7. The summed E-state index contributed by atoms with van der Waals surface area (Å²) in [7, 11) is 0. The van der Waals surface area contributed by atoms with E-state index in [-0.39, 0.29) is 5.57 Å². The van der Waals surface area contributed by atoms with Crippen molar-refractivity contribution in [3.63, 3.8) is 0 Å². The minimum Gasteiger partial charge on any atom is -0.477 e. The Balaban J connectivity index is 3.19. The van der Waals surface area contributed by atoms with Crippen molar-refractivity contribution in [2.45, 2.75) is 13.8 Å². The van der Waals surface area contributed by atoms with E-state index in [2.05, 4.69) is 10.6 Å². The topological polar surface area (TPSA) is 85.2 Å². The van der Waals surface area contributed by atoms with Crippen molar-refractivity contribution in [2.24, 2.45) is 0 Å². The molecule has 5 nitrogen and oxygen atoms in total. The number of rotatable bonds is 6. The molecule has 0 heterocycles. The first-order valence-electron chi connectivity index (χ1n) is 6.09. The van der Waals surface area contributed by atoms with Gasteiger partial charge < -0.3 is 15.7 Å². The van der Waals surface area contributed by atoms with Gasteiger partial charge in [0.05, 0.1) is 0 Å². The summed E-state index contributed by atoms with van der Waals surface area (Å²) >= 11 is 0. The van der Waals surface area contributed by atoms with E-state index < -0.39 is 5.97 Å². The van der Waals surface area contributed by atoms with Crippen LogP contribution < -0.4 is 10.6 Å². The zero-order valence-electron chi connectivity index (χ0n) is 11.0. The second-order valence-electron chi connectivity index (χ2n) is 3.84. The molecular formula is C14H17N3O2. The summed E-state index contributed by atoms with van der Waals surface area (Å²) in [6.45, 7) is 5.47. The lowest BCUT2D eigenvalue weighted by molar-refractivity contribution is -0.132. The number of carboxylic acids is 1. The standard InChI is InChI=1S/C14H17N3O2/c1-3-16-12-6-5-10(13(8-12)17-4-2)7-11(9-15)14(18)19/h5-8,16-17H,3-4H2,1-2H3,(H,18,19). The van der Waals surface area contributed by atoms with Gasteiger partial charge in [0.15, 0.2) is 0 Å². The average molecular weight is 259 g/mol. The summed E-state index contributed by atoms with van der Waals surface area (Å²) in [5, 5.41) is 24.0. The maximum Gasteiger partial charge on any atom is 0.346 e. The van der Waals surface area contributed by atoms with Gasteiger partial charge in [-0.15, -0.1) is 0 Å². The fraction of sp³-hybridized carbons (Fsp3) is 0.286. The summed E-state index contributed by atoms with van der Waals surface area (Å²) < 4.78 is 0. The predicted molar refractivity (Wildman–Crippen MR) is 76.0 cm³/mol. The van der Waals surface area contributed by atoms with Crippen LogP contribution in [0.5, 0.6) is 0 Å². The summed E-state index contributed by atoms with van der Waals surface area (Å²) in [4.78, 5) is 10.8. The van der Waals surface area contributed by atoms with E-state index in [9.17, 15) is 4.79 Å². The molecule has 0 amide bonds. The number of hydrogen-bond donors (Lipinski definition) is 3. The largest absolute Gasteiger partial charge is 0.477 e.